The lowest BCUT2D eigenvalue weighted by molar-refractivity contribution is -0.143. The molecule has 0 radical (unpaired) electrons. The van der Waals surface area contributed by atoms with Gasteiger partial charge in [0.2, 0.25) is 0 Å². The molecule has 1 rings (SSSR count). The molecule has 110 valence electrons. The highest BCUT2D eigenvalue weighted by Crippen LogP contribution is 2.22. The van der Waals surface area contributed by atoms with E-state index in [-0.39, 0.29) is 6.42 Å². The predicted molar refractivity (Wildman–Crippen MR) is 65.7 cm³/mol. The molecular formula is C14H15F3O3. The zero-order valence-corrected chi connectivity index (χ0v) is 11.2. The summed E-state index contributed by atoms with van der Waals surface area (Å²) in [5.74, 6) is -7.62. The van der Waals surface area contributed by atoms with E-state index >= 15 is 0 Å². The van der Waals surface area contributed by atoms with Gasteiger partial charge in [-0.15, -0.1) is 0 Å². The van der Waals surface area contributed by atoms with Crippen molar-refractivity contribution in [3.8, 4) is 0 Å². The SMILES string of the molecule is CCCCC(C(=O)OC)C(=O)c1ccc(F)c(F)c1F. The third-order valence-corrected chi connectivity index (χ3v) is 2.95. The molecule has 0 saturated carbocycles. The minimum atomic E-state index is -1.73. The Morgan fingerprint density at radius 3 is 2.40 bits per heavy atom. The Morgan fingerprint density at radius 1 is 1.20 bits per heavy atom. The number of halogens is 3. The molecule has 1 aromatic rings. The number of hydrogen-bond donors (Lipinski definition) is 0. The molecule has 0 N–H and O–H groups in total. The van der Waals surface area contributed by atoms with Gasteiger partial charge in [0.05, 0.1) is 12.7 Å². The fraction of sp³-hybridized carbons (Fsp3) is 0.429. The number of ketones is 1. The summed E-state index contributed by atoms with van der Waals surface area (Å²) >= 11 is 0. The number of Topliss-reactive ketones (excluding diaryl/α,β-unsaturated/α-hetero) is 1. The predicted octanol–water partition coefficient (Wildman–Crippen LogP) is 3.27. The Bertz CT molecular complexity index is 515. The number of hydrogen-bond acceptors (Lipinski definition) is 3. The summed E-state index contributed by atoms with van der Waals surface area (Å²) in [6.45, 7) is 1.86. The van der Waals surface area contributed by atoms with Crippen LogP contribution < -0.4 is 0 Å². The maximum Gasteiger partial charge on any atom is 0.316 e. The lowest BCUT2D eigenvalue weighted by Gasteiger charge is -2.13. The largest absolute Gasteiger partial charge is 0.468 e. The van der Waals surface area contributed by atoms with Crippen LogP contribution in [0.2, 0.25) is 0 Å². The summed E-state index contributed by atoms with van der Waals surface area (Å²) in [7, 11) is 1.11. The van der Waals surface area contributed by atoms with Crippen molar-refractivity contribution in [3.63, 3.8) is 0 Å². The first-order valence-corrected chi connectivity index (χ1v) is 6.19. The normalized spacial score (nSPS) is 12.1. The third-order valence-electron chi connectivity index (χ3n) is 2.95. The second kappa shape index (κ2) is 7.07. The number of unbranched alkanes of at least 4 members (excludes halogenated alkanes) is 1. The Labute approximate surface area is 114 Å². The van der Waals surface area contributed by atoms with Crippen LogP contribution in [0.3, 0.4) is 0 Å². The van der Waals surface area contributed by atoms with Crippen molar-refractivity contribution in [2.45, 2.75) is 26.2 Å². The molecule has 0 bridgehead atoms. The van der Waals surface area contributed by atoms with E-state index in [9.17, 15) is 22.8 Å². The molecule has 1 aromatic carbocycles. The molecule has 0 aliphatic heterocycles. The first kappa shape index (κ1) is 16.2. The molecule has 0 fully saturated rings. The van der Waals surface area contributed by atoms with E-state index in [1.807, 2.05) is 6.92 Å². The minimum absolute atomic E-state index is 0.167. The number of carbonyl (C=O) groups excluding carboxylic acids is 2. The Hall–Kier alpha value is -1.85. The first-order valence-electron chi connectivity index (χ1n) is 6.19. The maximum absolute atomic E-state index is 13.6. The quantitative estimate of drug-likeness (QED) is 0.349. The number of rotatable bonds is 6. The van der Waals surface area contributed by atoms with Crippen molar-refractivity contribution >= 4 is 11.8 Å². The molecule has 0 aliphatic rings. The van der Waals surface area contributed by atoms with Gasteiger partial charge in [0.1, 0.15) is 5.92 Å². The van der Waals surface area contributed by atoms with Crippen LogP contribution in [0.5, 0.6) is 0 Å². The topological polar surface area (TPSA) is 43.4 Å². The highest BCUT2D eigenvalue weighted by Gasteiger charge is 2.31. The van der Waals surface area contributed by atoms with Gasteiger partial charge in [-0.2, -0.15) is 0 Å². The second-order valence-electron chi connectivity index (χ2n) is 4.31. The molecule has 1 unspecified atom stereocenters. The van der Waals surface area contributed by atoms with E-state index < -0.39 is 40.7 Å². The zero-order chi connectivity index (χ0) is 15.3. The van der Waals surface area contributed by atoms with E-state index in [4.69, 9.17) is 0 Å². The molecule has 6 heteroatoms. The summed E-state index contributed by atoms with van der Waals surface area (Å²) < 4.78 is 44.0. The van der Waals surface area contributed by atoms with Gasteiger partial charge in [0.15, 0.2) is 23.2 Å². The average molecular weight is 288 g/mol. The summed E-state index contributed by atoms with van der Waals surface area (Å²) in [6.07, 6.45) is 1.44. The van der Waals surface area contributed by atoms with Crippen molar-refractivity contribution < 1.29 is 27.5 Å². The standard InChI is InChI=1S/C14H15F3O3/c1-3-4-5-9(14(19)20-2)13(18)8-6-7-10(15)12(17)11(8)16/h6-7,9H,3-5H2,1-2H3. The van der Waals surface area contributed by atoms with E-state index in [0.717, 1.165) is 19.6 Å². The smallest absolute Gasteiger partial charge is 0.316 e. The van der Waals surface area contributed by atoms with Crippen LogP contribution in [0.4, 0.5) is 13.2 Å². The minimum Gasteiger partial charge on any atom is -0.468 e. The molecule has 0 saturated heterocycles. The van der Waals surface area contributed by atoms with Crippen molar-refractivity contribution in [2.75, 3.05) is 7.11 Å². The molecule has 0 amide bonds. The Morgan fingerprint density at radius 2 is 1.85 bits per heavy atom. The molecule has 20 heavy (non-hydrogen) atoms. The van der Waals surface area contributed by atoms with Crippen LogP contribution in [0.15, 0.2) is 12.1 Å². The van der Waals surface area contributed by atoms with Crippen molar-refractivity contribution in [1.29, 1.82) is 0 Å². The zero-order valence-electron chi connectivity index (χ0n) is 11.2. The van der Waals surface area contributed by atoms with Crippen LogP contribution in [0, 0.1) is 23.4 Å². The number of carbonyl (C=O) groups is 2. The number of benzene rings is 1. The molecular weight excluding hydrogens is 273 g/mol. The molecule has 0 heterocycles. The van der Waals surface area contributed by atoms with Crippen LogP contribution in [0.25, 0.3) is 0 Å². The molecule has 0 aliphatic carbocycles. The second-order valence-corrected chi connectivity index (χ2v) is 4.31. The van der Waals surface area contributed by atoms with E-state index in [2.05, 4.69) is 4.74 Å². The molecule has 0 spiro atoms. The fourth-order valence-corrected chi connectivity index (χ4v) is 1.81. The van der Waals surface area contributed by atoms with E-state index in [1.165, 1.54) is 0 Å². The van der Waals surface area contributed by atoms with Gasteiger partial charge in [-0.25, -0.2) is 13.2 Å². The van der Waals surface area contributed by atoms with Gasteiger partial charge < -0.3 is 4.74 Å². The van der Waals surface area contributed by atoms with Gasteiger partial charge in [0.25, 0.3) is 0 Å². The number of ether oxygens (including phenoxy) is 1. The summed E-state index contributed by atoms with van der Waals surface area (Å²) in [5, 5.41) is 0. The summed E-state index contributed by atoms with van der Waals surface area (Å²) in [6, 6.07) is 1.48. The highest BCUT2D eigenvalue weighted by atomic mass is 19.2. The molecule has 0 aromatic heterocycles. The highest BCUT2D eigenvalue weighted by molar-refractivity contribution is 6.08. The lowest BCUT2D eigenvalue weighted by Crippen LogP contribution is -2.26. The van der Waals surface area contributed by atoms with Crippen molar-refractivity contribution in [3.05, 3.63) is 35.1 Å². The summed E-state index contributed by atoms with van der Waals surface area (Å²) in [5.41, 5.74) is -0.643. The van der Waals surface area contributed by atoms with E-state index in [1.54, 1.807) is 0 Å². The van der Waals surface area contributed by atoms with Crippen molar-refractivity contribution in [2.24, 2.45) is 5.92 Å². The lowest BCUT2D eigenvalue weighted by atomic mass is 9.92. The molecule has 3 nitrogen and oxygen atoms in total. The van der Waals surface area contributed by atoms with Gasteiger partial charge in [-0.1, -0.05) is 19.8 Å². The third kappa shape index (κ3) is 3.37. The average Bonchev–Trinajstić information content (AvgIpc) is 2.44. The monoisotopic (exact) mass is 288 g/mol. The number of esters is 1. The van der Waals surface area contributed by atoms with Gasteiger partial charge in [0, 0.05) is 0 Å². The van der Waals surface area contributed by atoms with Crippen LogP contribution in [-0.4, -0.2) is 18.9 Å². The van der Waals surface area contributed by atoms with Gasteiger partial charge in [-0.05, 0) is 18.6 Å². The van der Waals surface area contributed by atoms with Crippen molar-refractivity contribution in [1.82, 2.24) is 0 Å². The Balaban J connectivity index is 3.12. The molecule has 1 atom stereocenters. The maximum atomic E-state index is 13.6. The van der Waals surface area contributed by atoms with Crippen LogP contribution in [0.1, 0.15) is 36.5 Å². The van der Waals surface area contributed by atoms with Crippen LogP contribution in [-0.2, 0) is 9.53 Å². The fourth-order valence-electron chi connectivity index (χ4n) is 1.81. The van der Waals surface area contributed by atoms with Crippen LogP contribution >= 0.6 is 0 Å². The number of methoxy groups -OCH3 is 1. The first-order chi connectivity index (χ1) is 9.43. The van der Waals surface area contributed by atoms with Gasteiger partial charge >= 0.3 is 5.97 Å². The van der Waals surface area contributed by atoms with Gasteiger partial charge in [-0.3, -0.25) is 9.59 Å². The van der Waals surface area contributed by atoms with E-state index in [0.29, 0.717) is 12.5 Å². The summed E-state index contributed by atoms with van der Waals surface area (Å²) in [4.78, 5) is 23.7. The Kier molecular flexibility index (Phi) is 5.73.